The number of urea groups is 1. The summed E-state index contributed by atoms with van der Waals surface area (Å²) in [7, 11) is 0. The second-order valence-electron chi connectivity index (χ2n) is 7.66. The molecular weight excluding hydrogens is 408 g/mol. The summed E-state index contributed by atoms with van der Waals surface area (Å²) in [5.74, 6) is -0.404. The summed E-state index contributed by atoms with van der Waals surface area (Å²) in [5, 5.41) is 7.62. The average Bonchev–Trinajstić information content (AvgIpc) is 3.61. The third kappa shape index (κ3) is 5.54. The number of benzene rings is 3. The topological polar surface area (TPSA) is 109 Å². The number of ether oxygens (including phenoxy) is 1. The van der Waals surface area contributed by atoms with Crippen LogP contribution in [-0.2, 0) is 4.79 Å². The number of hydrogen-bond acceptors (Lipinski definition) is 4. The zero-order valence-electron chi connectivity index (χ0n) is 17.6. The van der Waals surface area contributed by atoms with Gasteiger partial charge in [-0.1, -0.05) is 30.3 Å². The van der Waals surface area contributed by atoms with E-state index in [-0.39, 0.29) is 12.1 Å². The summed E-state index contributed by atoms with van der Waals surface area (Å²) in [6, 6.07) is 19.8. The Morgan fingerprint density at radius 3 is 2.34 bits per heavy atom. The van der Waals surface area contributed by atoms with Crippen molar-refractivity contribution in [2.45, 2.75) is 31.9 Å². The number of hydrazine groups is 1. The lowest BCUT2D eigenvalue weighted by Gasteiger charge is -2.15. The first-order valence-electron chi connectivity index (χ1n) is 10.4. The van der Waals surface area contributed by atoms with Gasteiger partial charge in [0.15, 0.2) is 6.10 Å². The maximum absolute atomic E-state index is 12.3. The molecule has 1 unspecified atom stereocenters. The highest BCUT2D eigenvalue weighted by molar-refractivity contribution is 5.97. The van der Waals surface area contributed by atoms with E-state index in [4.69, 9.17) is 4.74 Å². The van der Waals surface area contributed by atoms with Gasteiger partial charge < -0.3 is 15.4 Å². The van der Waals surface area contributed by atoms with Crippen molar-refractivity contribution in [2.75, 3.05) is 5.32 Å². The maximum atomic E-state index is 12.3. The Morgan fingerprint density at radius 2 is 1.62 bits per heavy atom. The van der Waals surface area contributed by atoms with Gasteiger partial charge in [0.25, 0.3) is 11.8 Å². The molecule has 4 rings (SSSR count). The molecule has 1 aliphatic carbocycles. The van der Waals surface area contributed by atoms with Crippen LogP contribution in [0.15, 0.2) is 66.7 Å². The highest BCUT2D eigenvalue weighted by Gasteiger charge is 2.23. The standard InChI is InChI=1S/C24H24N4O4/c1-15(32-21-13-8-16-4-2-3-5-18(16)14-21)22(29)27-28-23(30)17-6-9-19(10-7-17)25-24(31)26-20-11-12-20/h2-10,13-15,20H,11-12H2,1H3,(H,27,29)(H,28,30)(H2,25,26,31). The van der Waals surface area contributed by atoms with Crippen molar-refractivity contribution in [3.05, 3.63) is 72.3 Å². The first-order chi connectivity index (χ1) is 15.5. The molecule has 32 heavy (non-hydrogen) atoms. The zero-order valence-corrected chi connectivity index (χ0v) is 17.6. The van der Waals surface area contributed by atoms with Gasteiger partial charge in [0.05, 0.1) is 0 Å². The summed E-state index contributed by atoms with van der Waals surface area (Å²) < 4.78 is 5.70. The Morgan fingerprint density at radius 1 is 0.906 bits per heavy atom. The summed E-state index contributed by atoms with van der Waals surface area (Å²) in [5.41, 5.74) is 5.65. The van der Waals surface area contributed by atoms with Crippen LogP contribution in [0.3, 0.4) is 0 Å². The second-order valence-corrected chi connectivity index (χ2v) is 7.66. The highest BCUT2D eigenvalue weighted by Crippen LogP contribution is 2.21. The number of carbonyl (C=O) groups excluding carboxylic acids is 3. The summed E-state index contributed by atoms with van der Waals surface area (Å²) in [4.78, 5) is 36.4. The Kier molecular flexibility index (Phi) is 6.21. The van der Waals surface area contributed by atoms with Gasteiger partial charge in [-0.15, -0.1) is 0 Å². The van der Waals surface area contributed by atoms with Crippen LogP contribution in [-0.4, -0.2) is 30.0 Å². The summed E-state index contributed by atoms with van der Waals surface area (Å²) >= 11 is 0. The van der Waals surface area contributed by atoms with Crippen LogP contribution in [0.1, 0.15) is 30.1 Å². The van der Waals surface area contributed by atoms with E-state index in [0.29, 0.717) is 17.0 Å². The predicted molar refractivity (Wildman–Crippen MR) is 121 cm³/mol. The molecule has 8 heteroatoms. The van der Waals surface area contributed by atoms with Crippen LogP contribution in [0, 0.1) is 0 Å². The Bertz CT molecular complexity index is 1140. The molecule has 0 aliphatic heterocycles. The molecule has 4 amide bonds. The number of anilines is 1. The molecule has 0 saturated heterocycles. The van der Waals surface area contributed by atoms with Gasteiger partial charge in [0.2, 0.25) is 0 Å². The second kappa shape index (κ2) is 9.38. The van der Waals surface area contributed by atoms with Crippen molar-refractivity contribution in [1.82, 2.24) is 16.2 Å². The minimum Gasteiger partial charge on any atom is -0.481 e. The fourth-order valence-electron chi connectivity index (χ4n) is 3.08. The minimum atomic E-state index is -0.812. The summed E-state index contributed by atoms with van der Waals surface area (Å²) in [6.45, 7) is 1.60. The van der Waals surface area contributed by atoms with Crippen molar-refractivity contribution in [3.63, 3.8) is 0 Å². The third-order valence-corrected chi connectivity index (χ3v) is 5.02. The van der Waals surface area contributed by atoms with Gasteiger partial charge in [-0.3, -0.25) is 20.4 Å². The Labute approximate surface area is 185 Å². The molecule has 0 aromatic heterocycles. The average molecular weight is 432 g/mol. The van der Waals surface area contributed by atoms with Crippen LogP contribution in [0.4, 0.5) is 10.5 Å². The highest BCUT2D eigenvalue weighted by atomic mass is 16.5. The van der Waals surface area contributed by atoms with Crippen molar-refractivity contribution in [2.24, 2.45) is 0 Å². The smallest absolute Gasteiger partial charge is 0.319 e. The number of carbonyl (C=O) groups is 3. The van der Waals surface area contributed by atoms with Gasteiger partial charge in [0, 0.05) is 17.3 Å². The zero-order chi connectivity index (χ0) is 22.5. The van der Waals surface area contributed by atoms with E-state index < -0.39 is 17.9 Å². The van der Waals surface area contributed by atoms with E-state index in [2.05, 4.69) is 21.5 Å². The van der Waals surface area contributed by atoms with E-state index in [1.165, 1.54) is 0 Å². The minimum absolute atomic E-state index is 0.260. The fourth-order valence-corrected chi connectivity index (χ4v) is 3.08. The molecule has 0 spiro atoms. The number of hydrogen-bond donors (Lipinski definition) is 4. The number of rotatable bonds is 6. The maximum Gasteiger partial charge on any atom is 0.319 e. The quantitative estimate of drug-likeness (QED) is 0.448. The Balaban J connectivity index is 1.25. The van der Waals surface area contributed by atoms with E-state index in [9.17, 15) is 14.4 Å². The van der Waals surface area contributed by atoms with E-state index in [1.807, 2.05) is 36.4 Å². The molecule has 1 saturated carbocycles. The molecule has 164 valence electrons. The number of amides is 4. The predicted octanol–water partition coefficient (Wildman–Crippen LogP) is 3.35. The third-order valence-electron chi connectivity index (χ3n) is 5.02. The fraction of sp³-hybridized carbons (Fsp3) is 0.208. The van der Waals surface area contributed by atoms with Gasteiger partial charge in [-0.25, -0.2) is 4.79 Å². The molecule has 4 N–H and O–H groups in total. The normalized spacial score (nSPS) is 13.7. The molecule has 0 heterocycles. The van der Waals surface area contributed by atoms with E-state index >= 15 is 0 Å². The van der Waals surface area contributed by atoms with Crippen molar-refractivity contribution < 1.29 is 19.1 Å². The molecule has 0 bridgehead atoms. The van der Waals surface area contributed by atoms with E-state index in [1.54, 1.807) is 37.3 Å². The first-order valence-corrected chi connectivity index (χ1v) is 10.4. The molecule has 3 aromatic rings. The van der Waals surface area contributed by atoms with E-state index in [0.717, 1.165) is 23.6 Å². The lowest BCUT2D eigenvalue weighted by atomic mass is 10.1. The van der Waals surface area contributed by atoms with Gasteiger partial charge >= 0.3 is 6.03 Å². The van der Waals surface area contributed by atoms with Crippen LogP contribution >= 0.6 is 0 Å². The van der Waals surface area contributed by atoms with Crippen molar-refractivity contribution in [1.29, 1.82) is 0 Å². The molecular formula is C24H24N4O4. The lowest BCUT2D eigenvalue weighted by Crippen LogP contribution is -2.47. The van der Waals surface area contributed by atoms with Crippen molar-refractivity contribution in [3.8, 4) is 5.75 Å². The molecule has 1 fully saturated rings. The molecule has 1 aliphatic rings. The molecule has 1 atom stereocenters. The number of nitrogens with one attached hydrogen (secondary N) is 4. The molecule has 0 radical (unpaired) electrons. The number of fused-ring (bicyclic) bond motifs is 1. The van der Waals surface area contributed by atoms with Gasteiger partial charge in [-0.05, 0) is 66.9 Å². The van der Waals surface area contributed by atoms with Crippen LogP contribution in [0.2, 0.25) is 0 Å². The van der Waals surface area contributed by atoms with Gasteiger partial charge in [-0.2, -0.15) is 0 Å². The van der Waals surface area contributed by atoms with Gasteiger partial charge in [0.1, 0.15) is 5.75 Å². The SMILES string of the molecule is CC(Oc1ccc2ccccc2c1)C(=O)NNC(=O)c1ccc(NC(=O)NC2CC2)cc1. The van der Waals surface area contributed by atoms with Crippen LogP contribution in [0.5, 0.6) is 5.75 Å². The monoisotopic (exact) mass is 432 g/mol. The van der Waals surface area contributed by atoms with Crippen LogP contribution < -0.4 is 26.2 Å². The molecule has 8 nitrogen and oxygen atoms in total. The molecule has 3 aromatic carbocycles. The summed E-state index contributed by atoms with van der Waals surface area (Å²) in [6.07, 6.45) is 1.20. The van der Waals surface area contributed by atoms with Crippen LogP contribution in [0.25, 0.3) is 10.8 Å². The van der Waals surface area contributed by atoms with Crippen molar-refractivity contribution >= 4 is 34.3 Å². The Hall–Kier alpha value is -4.07. The largest absolute Gasteiger partial charge is 0.481 e. The lowest BCUT2D eigenvalue weighted by molar-refractivity contribution is -0.128. The first kappa shape index (κ1) is 21.2.